The average Bonchev–Trinajstić information content (AvgIpc) is 2.18. The van der Waals surface area contributed by atoms with Crippen molar-refractivity contribution in [2.24, 2.45) is 0 Å². The van der Waals surface area contributed by atoms with Crippen LogP contribution in [0.15, 0.2) is 0 Å². The smallest absolute Gasteiger partial charge is 0.362 e. The Kier molecular flexibility index (Phi) is 9.50. The normalized spacial score (nSPS) is 9.93. The number of nitrogens with zero attached hydrogens (tertiary/aromatic N) is 1. The molecule has 0 spiro atoms. The van der Waals surface area contributed by atoms with Crippen molar-refractivity contribution >= 4 is 28.8 Å². The van der Waals surface area contributed by atoms with Gasteiger partial charge < -0.3 is 9.08 Å². The largest absolute Gasteiger partial charge is 0.422 e. The van der Waals surface area contributed by atoms with Crippen LogP contribution in [-0.2, 0) is 4.18 Å². The predicted molar refractivity (Wildman–Crippen MR) is 63.1 cm³/mol. The molecular weight excluding hydrogens is 218 g/mol. The van der Waals surface area contributed by atoms with Gasteiger partial charge in [-0.25, -0.2) is 4.79 Å². The van der Waals surface area contributed by atoms with Gasteiger partial charge in [0.2, 0.25) is 0 Å². The maximum absolute atomic E-state index is 11.4. The first kappa shape index (κ1) is 14.0. The Labute approximate surface area is 95.6 Å². The lowest BCUT2D eigenvalue weighted by atomic mass is 10.3. The summed E-state index contributed by atoms with van der Waals surface area (Å²) in [5.41, 5.74) is 0. The minimum Gasteiger partial charge on any atom is -0.362 e. The van der Waals surface area contributed by atoms with Crippen molar-refractivity contribution in [2.75, 3.05) is 13.1 Å². The van der Waals surface area contributed by atoms with E-state index < -0.39 is 0 Å². The zero-order valence-electron chi connectivity index (χ0n) is 8.82. The lowest BCUT2D eigenvalue weighted by Crippen LogP contribution is -2.32. The average molecular weight is 236 g/mol. The quantitative estimate of drug-likeness (QED) is 0.497. The third-order valence-electron chi connectivity index (χ3n) is 1.93. The highest BCUT2D eigenvalue weighted by Gasteiger charge is 2.13. The summed E-state index contributed by atoms with van der Waals surface area (Å²) in [5, 5.41) is 0. The van der Waals surface area contributed by atoms with E-state index in [1.165, 1.54) is 0 Å². The molecule has 0 aliphatic carbocycles. The van der Waals surface area contributed by atoms with Crippen molar-refractivity contribution in [3.63, 3.8) is 0 Å². The standard InChI is InChI=1S/C9H18NO2S2/c1-3-5-7-10(8-6-4-2)9(11)12-14-13/h3-8H2,1-2H3. The second kappa shape index (κ2) is 9.52. The van der Waals surface area contributed by atoms with Gasteiger partial charge in [0.05, 0.1) is 0 Å². The lowest BCUT2D eigenvalue weighted by molar-refractivity contribution is 0.159. The Balaban J connectivity index is 3.88. The van der Waals surface area contributed by atoms with Gasteiger partial charge in [-0.3, -0.25) is 0 Å². The minimum absolute atomic E-state index is 0.299. The molecule has 0 fully saturated rings. The van der Waals surface area contributed by atoms with Crippen molar-refractivity contribution in [2.45, 2.75) is 39.5 Å². The van der Waals surface area contributed by atoms with Gasteiger partial charge in [-0.05, 0) is 12.8 Å². The van der Waals surface area contributed by atoms with Gasteiger partial charge in [0, 0.05) is 24.8 Å². The third kappa shape index (κ3) is 6.43. The Hall–Kier alpha value is -0.0300. The molecule has 0 atom stereocenters. The molecule has 0 aliphatic heterocycles. The highest BCUT2D eigenvalue weighted by Crippen LogP contribution is 2.11. The van der Waals surface area contributed by atoms with Crippen LogP contribution in [0.1, 0.15) is 39.5 Å². The molecule has 0 N–H and O–H groups in total. The van der Waals surface area contributed by atoms with E-state index >= 15 is 0 Å². The molecule has 14 heavy (non-hydrogen) atoms. The number of unbranched alkanes of at least 4 members (excludes halogenated alkanes) is 2. The van der Waals surface area contributed by atoms with Gasteiger partial charge >= 0.3 is 6.09 Å². The van der Waals surface area contributed by atoms with Crippen LogP contribution in [0.2, 0.25) is 0 Å². The summed E-state index contributed by atoms with van der Waals surface area (Å²) < 4.78 is 4.72. The molecule has 1 radical (unpaired) electrons. The van der Waals surface area contributed by atoms with Crippen LogP contribution in [0.25, 0.3) is 0 Å². The number of rotatable bonds is 7. The van der Waals surface area contributed by atoms with Crippen molar-refractivity contribution in [1.29, 1.82) is 0 Å². The molecule has 0 aromatic heterocycles. The van der Waals surface area contributed by atoms with E-state index in [0.29, 0.717) is 11.1 Å². The molecule has 0 rings (SSSR count). The Morgan fingerprint density at radius 1 is 1.29 bits per heavy atom. The molecule has 83 valence electrons. The van der Waals surface area contributed by atoms with Crippen LogP contribution in [0.4, 0.5) is 4.79 Å². The summed E-state index contributed by atoms with van der Waals surface area (Å²) >= 11 is 5.22. The molecule has 5 heteroatoms. The van der Waals surface area contributed by atoms with Crippen LogP contribution in [0.5, 0.6) is 0 Å². The van der Waals surface area contributed by atoms with Gasteiger partial charge in [-0.1, -0.05) is 26.7 Å². The fraction of sp³-hybridized carbons (Fsp3) is 0.889. The van der Waals surface area contributed by atoms with Crippen molar-refractivity contribution in [3.8, 4) is 0 Å². The maximum Gasteiger partial charge on any atom is 0.422 e. The molecule has 0 aliphatic rings. The van der Waals surface area contributed by atoms with Crippen LogP contribution < -0.4 is 0 Å². The molecule has 0 saturated carbocycles. The minimum atomic E-state index is -0.299. The van der Waals surface area contributed by atoms with Crippen LogP contribution in [-0.4, -0.2) is 24.1 Å². The monoisotopic (exact) mass is 236 g/mol. The number of carbonyl (C=O) groups excluding carboxylic acids is 1. The van der Waals surface area contributed by atoms with Gasteiger partial charge in [-0.15, -0.1) is 0 Å². The number of amides is 1. The summed E-state index contributed by atoms with van der Waals surface area (Å²) in [7, 11) is 0. The van der Waals surface area contributed by atoms with Gasteiger partial charge in [0.1, 0.15) is 11.1 Å². The van der Waals surface area contributed by atoms with E-state index in [1.807, 2.05) is 0 Å². The molecule has 3 nitrogen and oxygen atoms in total. The zero-order chi connectivity index (χ0) is 10.8. The third-order valence-corrected chi connectivity index (χ3v) is 2.34. The molecule has 1 amide bonds. The summed E-state index contributed by atoms with van der Waals surface area (Å²) in [6.07, 6.45) is 3.89. The first-order valence-electron chi connectivity index (χ1n) is 5.01. The zero-order valence-corrected chi connectivity index (χ0v) is 10.5. The molecule has 0 aromatic rings. The van der Waals surface area contributed by atoms with E-state index in [-0.39, 0.29) is 6.09 Å². The fourth-order valence-electron chi connectivity index (χ4n) is 1.07. The van der Waals surface area contributed by atoms with Gasteiger partial charge in [0.15, 0.2) is 0 Å². The number of hydrogen-bond donors (Lipinski definition) is 0. The second-order valence-corrected chi connectivity index (χ2v) is 3.82. The first-order valence-corrected chi connectivity index (χ1v) is 6.68. The Bertz CT molecular complexity index is 148. The fourth-order valence-corrected chi connectivity index (χ4v) is 1.41. The van der Waals surface area contributed by atoms with Crippen LogP contribution >= 0.6 is 22.7 Å². The topological polar surface area (TPSA) is 29.5 Å². The first-order chi connectivity index (χ1) is 6.76. The second-order valence-electron chi connectivity index (χ2n) is 3.11. The van der Waals surface area contributed by atoms with Gasteiger partial charge in [-0.2, -0.15) is 0 Å². The Morgan fingerprint density at radius 3 is 2.14 bits per heavy atom. The predicted octanol–water partition coefficient (Wildman–Crippen LogP) is 3.79. The summed E-state index contributed by atoms with van der Waals surface area (Å²) in [6, 6.07) is 0. The number of hydrogen-bond acceptors (Lipinski definition) is 3. The van der Waals surface area contributed by atoms with E-state index in [2.05, 4.69) is 25.5 Å². The molecule has 0 heterocycles. The highest BCUT2D eigenvalue weighted by atomic mass is 33.1. The van der Waals surface area contributed by atoms with E-state index in [9.17, 15) is 4.79 Å². The Morgan fingerprint density at radius 2 is 1.79 bits per heavy atom. The van der Waals surface area contributed by atoms with E-state index in [1.54, 1.807) is 4.90 Å². The van der Waals surface area contributed by atoms with Gasteiger partial charge in [0.25, 0.3) is 0 Å². The van der Waals surface area contributed by atoms with Crippen molar-refractivity contribution in [3.05, 3.63) is 0 Å². The summed E-state index contributed by atoms with van der Waals surface area (Å²) in [5.74, 6) is 0. The van der Waals surface area contributed by atoms with E-state index in [4.69, 9.17) is 4.18 Å². The number of carbonyl (C=O) groups is 1. The van der Waals surface area contributed by atoms with Crippen molar-refractivity contribution in [1.82, 2.24) is 4.90 Å². The summed E-state index contributed by atoms with van der Waals surface area (Å²) in [4.78, 5) is 13.1. The molecular formula is C9H18NO2S2. The molecule has 0 aromatic carbocycles. The lowest BCUT2D eigenvalue weighted by Gasteiger charge is -2.20. The SMILES string of the molecule is CCCCN(CCCC)C(=O)OS[S]. The van der Waals surface area contributed by atoms with E-state index in [0.717, 1.165) is 38.8 Å². The van der Waals surface area contributed by atoms with Crippen LogP contribution in [0, 0.1) is 0 Å². The summed E-state index contributed by atoms with van der Waals surface area (Å²) in [6.45, 7) is 5.74. The van der Waals surface area contributed by atoms with Crippen molar-refractivity contribution < 1.29 is 8.98 Å². The maximum atomic E-state index is 11.4. The molecule has 0 bridgehead atoms. The molecule has 0 saturated heterocycles. The van der Waals surface area contributed by atoms with Crippen LogP contribution in [0.3, 0.4) is 0 Å². The highest BCUT2D eigenvalue weighted by molar-refractivity contribution is 8.66. The molecule has 0 unspecified atom stereocenters.